The number of rotatable bonds is 3. The lowest BCUT2D eigenvalue weighted by Gasteiger charge is -2.30. The Morgan fingerprint density at radius 3 is 2.08 bits per heavy atom. The van der Waals surface area contributed by atoms with E-state index in [2.05, 4.69) is 48.5 Å². The van der Waals surface area contributed by atoms with E-state index in [9.17, 15) is 4.79 Å². The van der Waals surface area contributed by atoms with Gasteiger partial charge in [0.05, 0.1) is 12.5 Å². The van der Waals surface area contributed by atoms with Gasteiger partial charge in [-0.1, -0.05) is 54.6 Å². The van der Waals surface area contributed by atoms with Crippen molar-refractivity contribution in [2.75, 3.05) is 7.11 Å². The highest BCUT2D eigenvalue weighted by atomic mass is 35.5. The highest BCUT2D eigenvalue weighted by Crippen LogP contribution is 2.41. The standard InChI is InChI=1S/C22H21NO2.ClH/c1-22(2,21(24)25-3)20(23)17-12-10-15-8-7-13-5-4-6-14-9-11-16(17)19(15)18(13)14;/h4-12,20H,23H2,1-3H3;1H/t20-;/m0./s1. The second-order valence-electron chi connectivity index (χ2n) is 7.20. The van der Waals surface area contributed by atoms with E-state index in [0.717, 1.165) is 10.9 Å². The van der Waals surface area contributed by atoms with Crippen molar-refractivity contribution in [2.45, 2.75) is 19.9 Å². The summed E-state index contributed by atoms with van der Waals surface area (Å²) in [5, 5.41) is 7.19. The molecule has 0 amide bonds. The van der Waals surface area contributed by atoms with Gasteiger partial charge in [0.2, 0.25) is 0 Å². The zero-order valence-electron chi connectivity index (χ0n) is 15.1. The first-order valence-electron chi connectivity index (χ1n) is 8.45. The fraction of sp³-hybridized carbons (Fsp3) is 0.227. The van der Waals surface area contributed by atoms with Crippen LogP contribution in [-0.2, 0) is 9.53 Å². The Hall–Kier alpha value is -2.36. The van der Waals surface area contributed by atoms with E-state index in [1.54, 1.807) is 0 Å². The third-order valence-electron chi connectivity index (χ3n) is 5.39. The van der Waals surface area contributed by atoms with Crippen molar-refractivity contribution in [3.8, 4) is 0 Å². The molecule has 0 spiro atoms. The highest BCUT2D eigenvalue weighted by molar-refractivity contribution is 6.23. The molecule has 0 saturated carbocycles. The van der Waals surface area contributed by atoms with Crippen LogP contribution in [0.4, 0.5) is 0 Å². The summed E-state index contributed by atoms with van der Waals surface area (Å²) in [6.45, 7) is 3.67. The molecule has 0 bridgehead atoms. The number of ether oxygens (including phenoxy) is 1. The van der Waals surface area contributed by atoms with Gasteiger partial charge in [-0.2, -0.15) is 0 Å². The van der Waals surface area contributed by atoms with Crippen molar-refractivity contribution < 1.29 is 9.53 Å². The minimum absolute atomic E-state index is 0. The fourth-order valence-corrected chi connectivity index (χ4v) is 3.81. The van der Waals surface area contributed by atoms with Crippen molar-refractivity contribution in [1.82, 2.24) is 0 Å². The van der Waals surface area contributed by atoms with Crippen LogP contribution in [0.25, 0.3) is 32.3 Å². The number of benzene rings is 4. The van der Waals surface area contributed by atoms with Gasteiger partial charge in [0.25, 0.3) is 0 Å². The van der Waals surface area contributed by atoms with E-state index in [1.807, 2.05) is 19.9 Å². The Bertz CT molecular complexity index is 1090. The Morgan fingerprint density at radius 2 is 1.46 bits per heavy atom. The third kappa shape index (κ3) is 2.51. The van der Waals surface area contributed by atoms with Crippen LogP contribution in [0, 0.1) is 5.41 Å². The molecule has 0 aliphatic carbocycles. The maximum Gasteiger partial charge on any atom is 0.313 e. The van der Waals surface area contributed by atoms with Gasteiger partial charge >= 0.3 is 5.97 Å². The summed E-state index contributed by atoms with van der Waals surface area (Å²) >= 11 is 0. The van der Waals surface area contributed by atoms with Crippen molar-refractivity contribution in [3.63, 3.8) is 0 Å². The average molecular weight is 368 g/mol. The fourth-order valence-electron chi connectivity index (χ4n) is 3.81. The molecule has 4 heteroatoms. The Kier molecular flexibility index (Phi) is 4.55. The molecule has 4 aromatic rings. The van der Waals surface area contributed by atoms with Crippen LogP contribution in [0.15, 0.2) is 54.6 Å². The van der Waals surface area contributed by atoms with E-state index in [-0.39, 0.29) is 18.4 Å². The lowest BCUT2D eigenvalue weighted by Crippen LogP contribution is -2.37. The Labute approximate surface area is 158 Å². The highest BCUT2D eigenvalue weighted by Gasteiger charge is 2.37. The van der Waals surface area contributed by atoms with Crippen molar-refractivity contribution in [1.29, 1.82) is 0 Å². The third-order valence-corrected chi connectivity index (χ3v) is 5.39. The van der Waals surface area contributed by atoms with Gasteiger partial charge in [-0.3, -0.25) is 4.79 Å². The van der Waals surface area contributed by atoms with E-state index < -0.39 is 11.5 Å². The monoisotopic (exact) mass is 367 g/mol. The summed E-state index contributed by atoms with van der Waals surface area (Å²) < 4.78 is 4.96. The van der Waals surface area contributed by atoms with Crippen LogP contribution < -0.4 is 5.73 Å². The van der Waals surface area contributed by atoms with Crippen molar-refractivity contribution in [3.05, 3.63) is 60.2 Å². The molecule has 0 heterocycles. The number of methoxy groups -OCH3 is 1. The van der Waals surface area contributed by atoms with Gasteiger partial charge in [0, 0.05) is 6.04 Å². The molecule has 3 nitrogen and oxygen atoms in total. The summed E-state index contributed by atoms with van der Waals surface area (Å²) in [7, 11) is 1.40. The SMILES string of the molecule is COC(=O)C(C)(C)[C@@H](N)c1ccc2ccc3cccc4ccc1c2c34.Cl. The summed E-state index contributed by atoms with van der Waals surface area (Å²) in [5.41, 5.74) is 6.71. The normalized spacial score (nSPS) is 13.1. The molecular weight excluding hydrogens is 346 g/mol. The summed E-state index contributed by atoms with van der Waals surface area (Å²) in [6.07, 6.45) is 0. The van der Waals surface area contributed by atoms with Gasteiger partial charge < -0.3 is 10.5 Å². The van der Waals surface area contributed by atoms with Crippen molar-refractivity contribution in [2.24, 2.45) is 11.1 Å². The number of carbonyl (C=O) groups excluding carboxylic acids is 1. The molecule has 0 aliphatic rings. The molecule has 2 N–H and O–H groups in total. The summed E-state index contributed by atoms with van der Waals surface area (Å²) in [6, 6.07) is 18.6. The molecule has 26 heavy (non-hydrogen) atoms. The van der Waals surface area contributed by atoms with Gasteiger partial charge in [-0.15, -0.1) is 12.4 Å². The van der Waals surface area contributed by atoms with Gasteiger partial charge in [-0.25, -0.2) is 0 Å². The number of carbonyl (C=O) groups is 1. The molecule has 4 aromatic carbocycles. The van der Waals surface area contributed by atoms with E-state index in [1.165, 1.54) is 34.0 Å². The van der Waals surface area contributed by atoms with E-state index >= 15 is 0 Å². The number of nitrogens with two attached hydrogens (primary N) is 1. The molecule has 0 aliphatic heterocycles. The zero-order chi connectivity index (χ0) is 17.8. The van der Waals surface area contributed by atoms with E-state index in [0.29, 0.717) is 0 Å². The largest absolute Gasteiger partial charge is 0.469 e. The van der Waals surface area contributed by atoms with E-state index in [4.69, 9.17) is 10.5 Å². The van der Waals surface area contributed by atoms with Crippen LogP contribution in [0.3, 0.4) is 0 Å². The molecule has 1 atom stereocenters. The van der Waals surface area contributed by atoms with Crippen LogP contribution in [-0.4, -0.2) is 13.1 Å². The van der Waals surface area contributed by atoms with Gasteiger partial charge in [0.1, 0.15) is 0 Å². The molecule has 0 aromatic heterocycles. The smallest absolute Gasteiger partial charge is 0.313 e. The number of hydrogen-bond acceptors (Lipinski definition) is 3. The van der Waals surface area contributed by atoms with Crippen LogP contribution >= 0.6 is 12.4 Å². The maximum absolute atomic E-state index is 12.2. The molecule has 0 radical (unpaired) electrons. The summed E-state index contributed by atoms with van der Waals surface area (Å²) in [4.78, 5) is 12.2. The lowest BCUT2D eigenvalue weighted by molar-refractivity contribution is -0.152. The Balaban J connectivity index is 0.00000196. The molecular formula is C22H22ClNO2. The average Bonchev–Trinajstić information content (AvgIpc) is 2.64. The minimum Gasteiger partial charge on any atom is -0.469 e. The van der Waals surface area contributed by atoms with Gasteiger partial charge in [-0.05, 0) is 51.7 Å². The zero-order valence-corrected chi connectivity index (χ0v) is 15.9. The molecule has 134 valence electrons. The number of halogens is 1. The predicted octanol–water partition coefficient (Wildman–Crippen LogP) is 5.20. The van der Waals surface area contributed by atoms with Crippen LogP contribution in [0.1, 0.15) is 25.5 Å². The number of hydrogen-bond donors (Lipinski definition) is 1. The molecule has 0 fully saturated rings. The molecule has 0 unspecified atom stereocenters. The van der Waals surface area contributed by atoms with Crippen molar-refractivity contribution >= 4 is 50.7 Å². The maximum atomic E-state index is 12.2. The first-order valence-corrected chi connectivity index (χ1v) is 8.45. The molecule has 0 saturated heterocycles. The van der Waals surface area contributed by atoms with Gasteiger partial charge in [0.15, 0.2) is 0 Å². The predicted molar refractivity (Wildman–Crippen MR) is 110 cm³/mol. The van der Waals surface area contributed by atoms with Crippen LogP contribution in [0.2, 0.25) is 0 Å². The second-order valence-corrected chi connectivity index (χ2v) is 7.20. The quantitative estimate of drug-likeness (QED) is 0.399. The lowest BCUT2D eigenvalue weighted by atomic mass is 9.78. The second kappa shape index (κ2) is 6.42. The first kappa shape index (κ1) is 18.4. The Morgan fingerprint density at radius 1 is 0.923 bits per heavy atom. The molecule has 4 rings (SSSR count). The topological polar surface area (TPSA) is 52.3 Å². The summed E-state index contributed by atoms with van der Waals surface area (Å²) in [5.74, 6) is -0.300. The first-order chi connectivity index (χ1) is 11.9. The van der Waals surface area contributed by atoms with Crippen LogP contribution in [0.5, 0.6) is 0 Å². The minimum atomic E-state index is -0.808. The number of esters is 1.